The van der Waals surface area contributed by atoms with E-state index in [1.165, 1.54) is 18.2 Å². The summed E-state index contributed by atoms with van der Waals surface area (Å²) in [5, 5.41) is 0. The Bertz CT molecular complexity index is 611. The standard InChI is InChI=1S/C14H18ClNO3S/c1-4-8-16(9-5-2)14(17)13-7-6-12(10-11(13)3)20(15,18)19/h4,6-7,10H,1,5,8-9H2,2-3H3. The summed E-state index contributed by atoms with van der Waals surface area (Å²) in [6.07, 6.45) is 2.51. The average molecular weight is 316 g/mol. The van der Waals surface area contributed by atoms with Gasteiger partial charge < -0.3 is 4.90 Å². The van der Waals surface area contributed by atoms with E-state index < -0.39 is 9.05 Å². The molecule has 1 rings (SSSR count). The van der Waals surface area contributed by atoms with E-state index in [4.69, 9.17) is 10.7 Å². The zero-order valence-corrected chi connectivity index (χ0v) is 13.2. The van der Waals surface area contributed by atoms with Crippen LogP contribution in [0.2, 0.25) is 0 Å². The van der Waals surface area contributed by atoms with Crippen LogP contribution in [0.15, 0.2) is 35.7 Å². The summed E-state index contributed by atoms with van der Waals surface area (Å²) >= 11 is 0. The third-order valence-electron chi connectivity index (χ3n) is 2.84. The molecule has 20 heavy (non-hydrogen) atoms. The molecule has 0 unspecified atom stereocenters. The van der Waals surface area contributed by atoms with Gasteiger partial charge in [0.05, 0.1) is 4.90 Å². The van der Waals surface area contributed by atoms with Crippen molar-refractivity contribution in [2.24, 2.45) is 0 Å². The van der Waals surface area contributed by atoms with Gasteiger partial charge in [0.15, 0.2) is 0 Å². The Morgan fingerprint density at radius 2 is 2.10 bits per heavy atom. The molecule has 0 N–H and O–H groups in total. The first kappa shape index (κ1) is 16.7. The molecule has 0 radical (unpaired) electrons. The molecule has 0 aliphatic heterocycles. The summed E-state index contributed by atoms with van der Waals surface area (Å²) < 4.78 is 22.5. The van der Waals surface area contributed by atoms with Crippen molar-refractivity contribution in [3.05, 3.63) is 42.0 Å². The van der Waals surface area contributed by atoms with Gasteiger partial charge in [0.2, 0.25) is 0 Å². The van der Waals surface area contributed by atoms with E-state index in [2.05, 4.69) is 6.58 Å². The lowest BCUT2D eigenvalue weighted by atomic mass is 10.1. The highest BCUT2D eigenvalue weighted by molar-refractivity contribution is 8.13. The Balaban J connectivity index is 3.13. The third kappa shape index (κ3) is 4.08. The van der Waals surface area contributed by atoms with Crippen LogP contribution in [0.5, 0.6) is 0 Å². The van der Waals surface area contributed by atoms with Crippen molar-refractivity contribution in [2.75, 3.05) is 13.1 Å². The van der Waals surface area contributed by atoms with Crippen molar-refractivity contribution in [3.63, 3.8) is 0 Å². The van der Waals surface area contributed by atoms with E-state index in [0.29, 0.717) is 24.2 Å². The van der Waals surface area contributed by atoms with Gasteiger partial charge in [-0.25, -0.2) is 8.42 Å². The Kier molecular flexibility index (Phi) is 5.77. The van der Waals surface area contributed by atoms with Crippen LogP contribution in [0, 0.1) is 6.92 Å². The first-order valence-corrected chi connectivity index (χ1v) is 8.57. The molecule has 0 heterocycles. The summed E-state index contributed by atoms with van der Waals surface area (Å²) in [7, 11) is 1.51. The number of hydrogen-bond acceptors (Lipinski definition) is 3. The number of benzene rings is 1. The highest BCUT2D eigenvalue weighted by Gasteiger charge is 2.18. The maximum absolute atomic E-state index is 12.4. The van der Waals surface area contributed by atoms with Crippen molar-refractivity contribution in [1.82, 2.24) is 4.90 Å². The number of amides is 1. The lowest BCUT2D eigenvalue weighted by molar-refractivity contribution is 0.0773. The predicted molar refractivity (Wildman–Crippen MR) is 80.6 cm³/mol. The highest BCUT2D eigenvalue weighted by atomic mass is 35.7. The molecular weight excluding hydrogens is 298 g/mol. The normalized spacial score (nSPS) is 11.2. The van der Waals surface area contributed by atoms with Gasteiger partial charge in [0.1, 0.15) is 0 Å². The van der Waals surface area contributed by atoms with E-state index in [1.54, 1.807) is 17.9 Å². The summed E-state index contributed by atoms with van der Waals surface area (Å²) in [5.74, 6) is -0.136. The van der Waals surface area contributed by atoms with E-state index in [-0.39, 0.29) is 10.8 Å². The topological polar surface area (TPSA) is 54.5 Å². The highest BCUT2D eigenvalue weighted by Crippen LogP contribution is 2.20. The largest absolute Gasteiger partial charge is 0.335 e. The molecule has 0 aliphatic carbocycles. The first-order chi connectivity index (χ1) is 9.31. The zero-order chi connectivity index (χ0) is 15.3. The smallest absolute Gasteiger partial charge is 0.261 e. The van der Waals surface area contributed by atoms with Gasteiger partial charge in [-0.05, 0) is 37.1 Å². The number of carbonyl (C=O) groups is 1. The van der Waals surface area contributed by atoms with Crippen LogP contribution in [0.1, 0.15) is 29.3 Å². The number of nitrogens with zero attached hydrogens (tertiary/aromatic N) is 1. The van der Waals surface area contributed by atoms with Crippen LogP contribution >= 0.6 is 10.7 Å². The van der Waals surface area contributed by atoms with Gasteiger partial charge in [-0.1, -0.05) is 13.0 Å². The molecular formula is C14H18ClNO3S. The molecule has 6 heteroatoms. The molecule has 1 amide bonds. The summed E-state index contributed by atoms with van der Waals surface area (Å²) in [6.45, 7) is 8.40. The van der Waals surface area contributed by atoms with Crippen molar-refractivity contribution >= 4 is 25.6 Å². The molecule has 0 bridgehead atoms. The van der Waals surface area contributed by atoms with Gasteiger partial charge in [-0.3, -0.25) is 4.79 Å². The Labute approximate surface area is 124 Å². The van der Waals surface area contributed by atoms with Gasteiger partial charge in [0, 0.05) is 29.3 Å². The fourth-order valence-electron chi connectivity index (χ4n) is 1.90. The first-order valence-electron chi connectivity index (χ1n) is 6.26. The molecule has 110 valence electrons. The van der Waals surface area contributed by atoms with Gasteiger partial charge in [-0.15, -0.1) is 6.58 Å². The van der Waals surface area contributed by atoms with Crippen LogP contribution in [0.4, 0.5) is 0 Å². The molecule has 1 aromatic carbocycles. The maximum Gasteiger partial charge on any atom is 0.261 e. The number of hydrogen-bond donors (Lipinski definition) is 0. The Hall–Kier alpha value is -1.33. The average Bonchev–Trinajstić information content (AvgIpc) is 2.36. The van der Waals surface area contributed by atoms with Crippen LogP contribution in [0.3, 0.4) is 0 Å². The van der Waals surface area contributed by atoms with E-state index in [0.717, 1.165) is 6.42 Å². The minimum Gasteiger partial charge on any atom is -0.335 e. The molecule has 0 atom stereocenters. The molecule has 0 aromatic heterocycles. The summed E-state index contributed by atoms with van der Waals surface area (Å²) in [4.78, 5) is 14.1. The molecule has 0 fully saturated rings. The minimum atomic E-state index is -3.78. The fraction of sp³-hybridized carbons (Fsp3) is 0.357. The van der Waals surface area contributed by atoms with Crippen LogP contribution in [0.25, 0.3) is 0 Å². The monoisotopic (exact) mass is 315 g/mol. The Morgan fingerprint density at radius 3 is 2.55 bits per heavy atom. The zero-order valence-electron chi connectivity index (χ0n) is 11.6. The molecule has 0 aliphatic rings. The van der Waals surface area contributed by atoms with Crippen molar-refractivity contribution in [3.8, 4) is 0 Å². The minimum absolute atomic E-state index is 0.000945. The number of carbonyl (C=O) groups excluding carboxylic acids is 1. The van der Waals surface area contributed by atoms with Crippen LogP contribution in [-0.2, 0) is 9.05 Å². The lowest BCUT2D eigenvalue weighted by Gasteiger charge is -2.21. The van der Waals surface area contributed by atoms with E-state index in [9.17, 15) is 13.2 Å². The van der Waals surface area contributed by atoms with Crippen LogP contribution < -0.4 is 0 Å². The second-order valence-electron chi connectivity index (χ2n) is 4.45. The number of aryl methyl sites for hydroxylation is 1. The Morgan fingerprint density at radius 1 is 1.45 bits per heavy atom. The SMILES string of the molecule is C=CCN(CCC)C(=O)c1ccc(S(=O)(=O)Cl)cc1C. The number of halogens is 1. The molecule has 4 nitrogen and oxygen atoms in total. The van der Waals surface area contributed by atoms with Gasteiger partial charge in [0.25, 0.3) is 15.0 Å². The fourth-order valence-corrected chi connectivity index (χ4v) is 2.74. The van der Waals surface area contributed by atoms with E-state index >= 15 is 0 Å². The van der Waals surface area contributed by atoms with E-state index in [1.807, 2.05) is 6.92 Å². The summed E-state index contributed by atoms with van der Waals surface area (Å²) in [5.41, 5.74) is 1.06. The van der Waals surface area contributed by atoms with Crippen LogP contribution in [-0.4, -0.2) is 32.3 Å². The quantitative estimate of drug-likeness (QED) is 0.599. The van der Waals surface area contributed by atoms with Gasteiger partial charge in [-0.2, -0.15) is 0 Å². The molecule has 0 spiro atoms. The predicted octanol–water partition coefficient (Wildman–Crippen LogP) is 2.96. The van der Waals surface area contributed by atoms with Gasteiger partial charge >= 0.3 is 0 Å². The molecule has 0 saturated heterocycles. The molecule has 0 saturated carbocycles. The number of rotatable bonds is 6. The maximum atomic E-state index is 12.4. The summed E-state index contributed by atoms with van der Waals surface area (Å²) in [6, 6.07) is 4.26. The molecule has 1 aromatic rings. The second kappa shape index (κ2) is 6.90. The third-order valence-corrected chi connectivity index (χ3v) is 4.19. The van der Waals surface area contributed by atoms with Crippen molar-refractivity contribution in [1.29, 1.82) is 0 Å². The van der Waals surface area contributed by atoms with Crippen molar-refractivity contribution < 1.29 is 13.2 Å². The second-order valence-corrected chi connectivity index (χ2v) is 7.02. The van der Waals surface area contributed by atoms with Crippen molar-refractivity contribution in [2.45, 2.75) is 25.2 Å². The lowest BCUT2D eigenvalue weighted by Crippen LogP contribution is -2.32.